The summed E-state index contributed by atoms with van der Waals surface area (Å²) >= 11 is 0. The van der Waals surface area contributed by atoms with E-state index in [1.807, 2.05) is 114 Å². The maximum atomic E-state index is 13.9. The fourth-order valence-electron chi connectivity index (χ4n) is 6.65. The van der Waals surface area contributed by atoms with Gasteiger partial charge in [-0.1, -0.05) is 77.9 Å². The third-order valence-corrected chi connectivity index (χ3v) is 9.97. The quantitative estimate of drug-likeness (QED) is 0.111. The van der Waals surface area contributed by atoms with Gasteiger partial charge in [-0.3, -0.25) is 0 Å². The normalized spacial score (nSPS) is 19.9. The molecule has 1 N–H and O–H groups in total. The van der Waals surface area contributed by atoms with E-state index in [2.05, 4.69) is 0 Å². The summed E-state index contributed by atoms with van der Waals surface area (Å²) in [4.78, 5) is 13.9. The minimum atomic E-state index is -0.915. The van der Waals surface area contributed by atoms with Crippen molar-refractivity contribution in [3.63, 3.8) is 0 Å². The van der Waals surface area contributed by atoms with E-state index in [1.54, 1.807) is 33.5 Å². The second-order valence-electron chi connectivity index (χ2n) is 16.2. The number of phenols is 1. The van der Waals surface area contributed by atoms with E-state index in [0.29, 0.717) is 16.7 Å². The van der Waals surface area contributed by atoms with Crippen LogP contribution in [0.3, 0.4) is 0 Å². The van der Waals surface area contributed by atoms with Crippen LogP contribution >= 0.6 is 0 Å². The molecule has 1 fully saturated rings. The Morgan fingerprint density at radius 1 is 0.596 bits per heavy atom. The van der Waals surface area contributed by atoms with Crippen LogP contribution in [0.5, 0.6) is 23.0 Å². The Bertz CT molecular complexity index is 1840. The summed E-state index contributed by atoms with van der Waals surface area (Å²) in [6.07, 6.45) is -4.05. The Labute approximate surface area is 337 Å². The van der Waals surface area contributed by atoms with E-state index in [4.69, 9.17) is 42.6 Å². The van der Waals surface area contributed by atoms with E-state index < -0.39 is 47.5 Å². The van der Waals surface area contributed by atoms with Gasteiger partial charge in [0, 0.05) is 18.2 Å². The van der Waals surface area contributed by atoms with Gasteiger partial charge in [0.05, 0.1) is 46.7 Å². The number of esters is 1. The summed E-state index contributed by atoms with van der Waals surface area (Å²) in [5.74, 6) is 1.79. The number of methoxy groups -OCH3 is 4. The smallest absolute Gasteiger partial charge is 0.338 e. The predicted octanol–water partition coefficient (Wildman–Crippen LogP) is 8.30. The maximum Gasteiger partial charge on any atom is 0.338 e. The molecule has 0 spiro atoms. The number of hydrogen-bond donors (Lipinski definition) is 1. The monoisotopic (exact) mass is 786 g/mol. The van der Waals surface area contributed by atoms with Crippen LogP contribution in [-0.4, -0.2) is 76.8 Å². The number of aromatic hydroxyl groups is 1. The molecule has 1 aliphatic rings. The molecule has 5 atom stereocenters. The van der Waals surface area contributed by atoms with Crippen molar-refractivity contribution < 1.29 is 52.5 Å². The second kappa shape index (κ2) is 19.2. The van der Waals surface area contributed by atoms with E-state index in [1.165, 1.54) is 7.11 Å². The molecule has 0 aliphatic carbocycles. The Balaban J connectivity index is 1.48. The number of carbonyl (C=O) groups excluding carboxylic acids is 1. The zero-order valence-electron chi connectivity index (χ0n) is 34.8. The minimum absolute atomic E-state index is 0.176. The average molecular weight is 787 g/mol. The van der Waals surface area contributed by atoms with Crippen molar-refractivity contribution >= 4 is 5.97 Å². The summed E-state index contributed by atoms with van der Waals surface area (Å²) in [7, 11) is 6.39. The third kappa shape index (κ3) is 11.3. The van der Waals surface area contributed by atoms with E-state index in [-0.39, 0.29) is 32.2 Å². The van der Waals surface area contributed by atoms with Crippen LogP contribution in [0.15, 0.2) is 84.9 Å². The molecule has 0 aromatic heterocycles. The predicted molar refractivity (Wildman–Crippen MR) is 216 cm³/mol. The van der Waals surface area contributed by atoms with Crippen molar-refractivity contribution in [2.45, 2.75) is 103 Å². The van der Waals surface area contributed by atoms with Crippen molar-refractivity contribution in [1.82, 2.24) is 0 Å². The molecular weight excluding hydrogens is 728 g/mol. The summed E-state index contributed by atoms with van der Waals surface area (Å²) in [5, 5.41) is 11.3. The number of carbonyl (C=O) groups is 1. The Morgan fingerprint density at radius 2 is 0.982 bits per heavy atom. The van der Waals surface area contributed by atoms with Gasteiger partial charge in [0.15, 0.2) is 6.29 Å². The average Bonchev–Trinajstić information content (AvgIpc) is 3.20. The lowest BCUT2D eigenvalue weighted by molar-refractivity contribution is -0.321. The van der Waals surface area contributed by atoms with Crippen LogP contribution in [0.2, 0.25) is 0 Å². The number of ether oxygens (including phenoxy) is 9. The van der Waals surface area contributed by atoms with Crippen molar-refractivity contribution in [3.8, 4) is 23.0 Å². The van der Waals surface area contributed by atoms with Crippen LogP contribution < -0.4 is 14.2 Å². The molecule has 0 bridgehead atoms. The van der Waals surface area contributed by atoms with Gasteiger partial charge < -0.3 is 47.7 Å². The molecule has 11 nitrogen and oxygen atoms in total. The molecule has 0 radical (unpaired) electrons. The molecule has 5 unspecified atom stereocenters. The summed E-state index contributed by atoms with van der Waals surface area (Å²) < 4.78 is 54.6. The largest absolute Gasteiger partial charge is 0.507 e. The van der Waals surface area contributed by atoms with Gasteiger partial charge in [-0.05, 0) is 76.1 Å². The van der Waals surface area contributed by atoms with Gasteiger partial charge in [-0.25, -0.2) is 4.79 Å². The zero-order chi connectivity index (χ0) is 41.3. The van der Waals surface area contributed by atoms with Gasteiger partial charge in [0.2, 0.25) is 0 Å². The lowest BCUT2D eigenvalue weighted by atomic mass is 9.78. The Morgan fingerprint density at radius 3 is 1.35 bits per heavy atom. The lowest BCUT2D eigenvalue weighted by Gasteiger charge is -2.45. The summed E-state index contributed by atoms with van der Waals surface area (Å²) in [6, 6.07) is 26.2. The van der Waals surface area contributed by atoms with Crippen LogP contribution in [-0.2, 0) is 59.1 Å². The maximum absolute atomic E-state index is 13.9. The van der Waals surface area contributed by atoms with Crippen LogP contribution in [0.25, 0.3) is 0 Å². The molecule has 1 heterocycles. The van der Waals surface area contributed by atoms with Gasteiger partial charge in [-0.2, -0.15) is 0 Å². The van der Waals surface area contributed by atoms with Gasteiger partial charge in [0.25, 0.3) is 0 Å². The fraction of sp³-hybridized carbons (Fsp3) is 0.457. The van der Waals surface area contributed by atoms with Crippen LogP contribution in [0, 0.1) is 0 Å². The highest BCUT2D eigenvalue weighted by Crippen LogP contribution is 2.40. The van der Waals surface area contributed by atoms with Crippen LogP contribution in [0.4, 0.5) is 0 Å². The first kappa shape index (κ1) is 43.5. The number of phenolic OH excluding ortho intramolecular Hbond substituents is 1. The molecule has 4 aromatic rings. The Kier molecular flexibility index (Phi) is 14.6. The van der Waals surface area contributed by atoms with Gasteiger partial charge in [-0.15, -0.1) is 0 Å². The van der Waals surface area contributed by atoms with Crippen molar-refractivity contribution in [3.05, 3.63) is 118 Å². The fourth-order valence-corrected chi connectivity index (χ4v) is 6.65. The number of rotatable bonds is 16. The van der Waals surface area contributed by atoms with E-state index >= 15 is 0 Å². The minimum Gasteiger partial charge on any atom is -0.507 e. The number of benzene rings is 4. The molecule has 11 heteroatoms. The zero-order valence-corrected chi connectivity index (χ0v) is 34.8. The molecule has 5 rings (SSSR count). The molecule has 4 aromatic carbocycles. The highest BCUT2D eigenvalue weighted by atomic mass is 16.7. The first-order chi connectivity index (χ1) is 27.1. The third-order valence-electron chi connectivity index (χ3n) is 9.97. The molecule has 0 saturated carbocycles. The highest BCUT2D eigenvalue weighted by Gasteiger charge is 2.49. The van der Waals surface area contributed by atoms with E-state index in [0.717, 1.165) is 33.9 Å². The van der Waals surface area contributed by atoms with Gasteiger partial charge in [0.1, 0.15) is 54.0 Å². The first-order valence-corrected chi connectivity index (χ1v) is 19.1. The van der Waals surface area contributed by atoms with Crippen molar-refractivity contribution in [2.75, 3.05) is 35.0 Å². The molecular formula is C46H58O11. The second-order valence-corrected chi connectivity index (χ2v) is 16.2. The van der Waals surface area contributed by atoms with Crippen molar-refractivity contribution in [1.29, 1.82) is 0 Å². The topological polar surface area (TPSA) is 120 Å². The number of hydrogen-bond acceptors (Lipinski definition) is 11. The molecule has 308 valence electrons. The van der Waals surface area contributed by atoms with Crippen LogP contribution in [0.1, 0.15) is 79.7 Å². The first-order valence-electron chi connectivity index (χ1n) is 19.1. The Hall–Kier alpha value is -4.65. The van der Waals surface area contributed by atoms with Gasteiger partial charge >= 0.3 is 5.97 Å². The molecule has 57 heavy (non-hydrogen) atoms. The summed E-state index contributed by atoms with van der Waals surface area (Å²) in [6.45, 7) is 12.4. The van der Waals surface area contributed by atoms with E-state index in [9.17, 15) is 9.90 Å². The molecule has 1 aliphatic heterocycles. The summed E-state index contributed by atoms with van der Waals surface area (Å²) in [5.41, 5.74) is 3.45. The SMILES string of the molecule is COc1ccc(COC2C(COC(=O)c3cc(C(C)(C)C)c(O)c(C(C)(C)C)c3)OC(OC)C(OCc3ccc(OC)cc3)C2OCc2ccc(OC)cc2)cc1. The lowest BCUT2D eigenvalue weighted by Crippen LogP contribution is -2.61. The highest BCUT2D eigenvalue weighted by molar-refractivity contribution is 5.90. The standard InChI is InChI=1S/C46H58O11/c1-45(2,3)36-23-32(24-37(39(36)47)46(4,5)6)43(48)56-28-38-40(53-25-29-11-17-33(49-7)18-12-29)41(54-26-30-13-19-34(50-8)20-14-30)42(44(52-10)57-38)55-27-31-15-21-35(51-9)22-16-31/h11-24,38,40-42,44,47H,25-28H2,1-10H3. The molecule has 0 amide bonds. The molecule has 1 saturated heterocycles. The van der Waals surface area contributed by atoms with Crippen molar-refractivity contribution in [2.24, 2.45) is 0 Å².